The van der Waals surface area contributed by atoms with Gasteiger partial charge in [0.15, 0.2) is 0 Å². The highest BCUT2D eigenvalue weighted by Gasteiger charge is 2.37. The molecule has 1 aromatic heterocycles. The second kappa shape index (κ2) is 6.28. The third-order valence-electron chi connectivity index (χ3n) is 4.69. The zero-order chi connectivity index (χ0) is 14.7. The number of aromatic nitrogens is 1. The molecule has 2 aliphatic rings. The Hall–Kier alpha value is -1.20. The maximum absolute atomic E-state index is 5.94. The van der Waals surface area contributed by atoms with Gasteiger partial charge in [0, 0.05) is 11.6 Å². The van der Waals surface area contributed by atoms with Crippen molar-refractivity contribution in [1.29, 1.82) is 0 Å². The number of nitrogens with one attached hydrogen (secondary N) is 1. The van der Waals surface area contributed by atoms with E-state index in [1.807, 2.05) is 12.3 Å². The van der Waals surface area contributed by atoms with Crippen molar-refractivity contribution in [2.24, 2.45) is 0 Å². The smallest absolute Gasteiger partial charge is 0.213 e. The second-order valence-corrected chi connectivity index (χ2v) is 6.46. The molecule has 1 aliphatic heterocycles. The molecule has 1 aliphatic carbocycles. The van der Waals surface area contributed by atoms with Crippen LogP contribution in [0, 0.1) is 0 Å². The van der Waals surface area contributed by atoms with E-state index in [1.165, 1.54) is 19.3 Å². The summed E-state index contributed by atoms with van der Waals surface area (Å²) in [4.78, 5) is 6.64. The van der Waals surface area contributed by atoms with Gasteiger partial charge < -0.3 is 15.0 Å². The maximum Gasteiger partial charge on any atom is 0.213 e. The molecule has 0 amide bonds. The van der Waals surface area contributed by atoms with Crippen LogP contribution in [0.25, 0.3) is 0 Å². The lowest BCUT2D eigenvalue weighted by atomic mass is 9.77. The molecule has 0 aromatic carbocycles. The summed E-state index contributed by atoms with van der Waals surface area (Å²) in [5.74, 6) is 0.716. The van der Waals surface area contributed by atoms with Crippen molar-refractivity contribution in [2.75, 3.05) is 18.0 Å². The Balaban J connectivity index is 1.66. The molecular weight excluding hydrogens is 282 g/mol. The minimum Gasteiger partial charge on any atom is -0.474 e. The van der Waals surface area contributed by atoms with Crippen LogP contribution in [0.3, 0.4) is 0 Å². The van der Waals surface area contributed by atoms with E-state index in [-0.39, 0.29) is 11.6 Å². The van der Waals surface area contributed by atoms with E-state index in [2.05, 4.69) is 28.2 Å². The number of piperidine rings is 1. The van der Waals surface area contributed by atoms with Crippen LogP contribution in [0.2, 0.25) is 0 Å². The average Bonchev–Trinajstić information content (AvgIpc) is 2.49. The summed E-state index contributed by atoms with van der Waals surface area (Å²) in [6, 6.07) is 4.03. The third kappa shape index (κ3) is 3.19. The molecule has 4 nitrogen and oxygen atoms in total. The molecule has 5 heteroatoms. The Labute approximate surface area is 131 Å². The molecular formula is C16H23N3OS. The zero-order valence-electron chi connectivity index (χ0n) is 12.5. The number of thiocarbonyl (C=S) groups is 1. The highest BCUT2D eigenvalue weighted by Crippen LogP contribution is 2.39. The van der Waals surface area contributed by atoms with Crippen LogP contribution in [-0.2, 0) is 0 Å². The number of anilines is 1. The van der Waals surface area contributed by atoms with Crippen LogP contribution >= 0.6 is 12.2 Å². The van der Waals surface area contributed by atoms with E-state index in [0.717, 1.165) is 31.6 Å². The van der Waals surface area contributed by atoms with Crippen molar-refractivity contribution < 1.29 is 4.74 Å². The van der Waals surface area contributed by atoms with E-state index in [9.17, 15) is 0 Å². The summed E-state index contributed by atoms with van der Waals surface area (Å²) < 4.78 is 5.94. The largest absolute Gasteiger partial charge is 0.474 e. The molecule has 0 spiro atoms. The summed E-state index contributed by atoms with van der Waals surface area (Å²) in [6.07, 6.45) is 7.92. The third-order valence-corrected chi connectivity index (χ3v) is 4.90. The van der Waals surface area contributed by atoms with Gasteiger partial charge in [0.1, 0.15) is 6.10 Å². The normalized spacial score (nSPS) is 21.4. The van der Waals surface area contributed by atoms with E-state index >= 15 is 0 Å². The predicted molar refractivity (Wildman–Crippen MR) is 89.1 cm³/mol. The fraction of sp³-hybridized carbons (Fsp3) is 0.625. The number of rotatable bonds is 5. The number of pyridine rings is 1. The van der Waals surface area contributed by atoms with Gasteiger partial charge in [-0.2, -0.15) is 0 Å². The van der Waals surface area contributed by atoms with Crippen molar-refractivity contribution in [3.8, 4) is 5.88 Å². The average molecular weight is 305 g/mol. The molecule has 3 rings (SSSR count). The fourth-order valence-electron chi connectivity index (χ4n) is 3.10. The first kappa shape index (κ1) is 14.7. The highest BCUT2D eigenvalue weighted by atomic mass is 32.1. The van der Waals surface area contributed by atoms with Gasteiger partial charge in [-0.05, 0) is 58.2 Å². The summed E-state index contributed by atoms with van der Waals surface area (Å²) in [6.45, 7) is 4.32. The molecule has 114 valence electrons. The van der Waals surface area contributed by atoms with Gasteiger partial charge in [0.2, 0.25) is 5.88 Å². The summed E-state index contributed by atoms with van der Waals surface area (Å²) in [5.41, 5.74) is 2.98. The Bertz CT molecular complexity index is 481. The van der Waals surface area contributed by atoms with Crippen molar-refractivity contribution in [3.63, 3.8) is 0 Å². The molecule has 0 unspecified atom stereocenters. The van der Waals surface area contributed by atoms with E-state index < -0.39 is 0 Å². The first-order chi connectivity index (χ1) is 10.2. The lowest BCUT2D eigenvalue weighted by Crippen LogP contribution is -2.50. The Morgan fingerprint density at radius 1 is 1.38 bits per heavy atom. The highest BCUT2D eigenvalue weighted by molar-refractivity contribution is 7.79. The van der Waals surface area contributed by atoms with Crippen molar-refractivity contribution in [1.82, 2.24) is 10.3 Å². The Morgan fingerprint density at radius 2 is 2.14 bits per heavy atom. The molecule has 0 bridgehead atoms. The van der Waals surface area contributed by atoms with Crippen molar-refractivity contribution in [3.05, 3.63) is 18.3 Å². The van der Waals surface area contributed by atoms with Crippen LogP contribution in [0.15, 0.2) is 18.3 Å². The van der Waals surface area contributed by atoms with Gasteiger partial charge in [0.25, 0.3) is 0 Å². The molecule has 2 fully saturated rings. The van der Waals surface area contributed by atoms with Crippen LogP contribution in [-0.4, -0.2) is 35.2 Å². The standard InChI is InChI=1S/C16H23N3OS/c1-16(7-2-8-16)19(12-21)13-3-4-15(18-11-13)20-14-5-9-17-10-6-14/h3-4,11-12,14,17H,2,5-10H2,1H3. The van der Waals surface area contributed by atoms with Crippen LogP contribution < -0.4 is 15.0 Å². The van der Waals surface area contributed by atoms with Crippen LogP contribution in [0.1, 0.15) is 39.0 Å². The molecule has 1 saturated carbocycles. The lowest BCUT2D eigenvalue weighted by Gasteiger charge is -2.46. The van der Waals surface area contributed by atoms with Crippen LogP contribution in [0.5, 0.6) is 5.88 Å². The monoisotopic (exact) mass is 305 g/mol. The van der Waals surface area contributed by atoms with E-state index in [0.29, 0.717) is 5.88 Å². The molecule has 0 atom stereocenters. The molecule has 1 saturated heterocycles. The molecule has 21 heavy (non-hydrogen) atoms. The van der Waals surface area contributed by atoms with Crippen molar-refractivity contribution in [2.45, 2.75) is 50.7 Å². The van der Waals surface area contributed by atoms with E-state index in [4.69, 9.17) is 17.0 Å². The second-order valence-electron chi connectivity index (χ2n) is 6.25. The fourth-order valence-corrected chi connectivity index (χ4v) is 3.47. The minimum atomic E-state index is 0.168. The SMILES string of the molecule is CC1(N(C=S)c2ccc(OC3CCNCC3)nc2)CCC1. The summed E-state index contributed by atoms with van der Waals surface area (Å²) in [5, 5.41) is 3.34. The van der Waals surface area contributed by atoms with Gasteiger partial charge in [-0.25, -0.2) is 4.98 Å². The van der Waals surface area contributed by atoms with Gasteiger partial charge in [-0.3, -0.25) is 0 Å². The topological polar surface area (TPSA) is 37.4 Å². The first-order valence-corrected chi connectivity index (χ1v) is 8.26. The number of hydrogen-bond donors (Lipinski definition) is 1. The summed E-state index contributed by atoms with van der Waals surface area (Å²) in [7, 11) is 0. The van der Waals surface area contributed by atoms with Crippen molar-refractivity contribution >= 4 is 23.4 Å². The number of hydrogen-bond acceptors (Lipinski definition) is 4. The zero-order valence-corrected chi connectivity index (χ0v) is 13.4. The maximum atomic E-state index is 5.94. The Morgan fingerprint density at radius 3 is 2.67 bits per heavy atom. The Kier molecular flexibility index (Phi) is 4.40. The number of nitrogens with zero attached hydrogens (tertiary/aromatic N) is 2. The first-order valence-electron chi connectivity index (χ1n) is 7.79. The van der Waals surface area contributed by atoms with Gasteiger partial charge in [-0.1, -0.05) is 12.2 Å². The minimum absolute atomic E-state index is 0.168. The van der Waals surface area contributed by atoms with Gasteiger partial charge >= 0.3 is 0 Å². The van der Waals surface area contributed by atoms with Gasteiger partial charge in [-0.15, -0.1) is 0 Å². The van der Waals surface area contributed by atoms with E-state index in [1.54, 1.807) is 5.49 Å². The van der Waals surface area contributed by atoms with Gasteiger partial charge in [0.05, 0.1) is 17.4 Å². The molecule has 1 aromatic rings. The number of ether oxygens (including phenoxy) is 1. The molecule has 0 radical (unpaired) electrons. The molecule has 2 heterocycles. The summed E-state index contributed by atoms with van der Waals surface area (Å²) >= 11 is 5.20. The predicted octanol–water partition coefficient (Wildman–Crippen LogP) is 2.92. The lowest BCUT2D eigenvalue weighted by molar-refractivity contribution is 0.156. The van der Waals surface area contributed by atoms with Crippen LogP contribution in [0.4, 0.5) is 5.69 Å². The molecule has 1 N–H and O–H groups in total. The quantitative estimate of drug-likeness (QED) is 0.847.